The molecule has 156 valence electrons. The molecule has 8 heteroatoms. The lowest BCUT2D eigenvalue weighted by Gasteiger charge is -2.25. The molecule has 2 aromatic rings. The standard InChI is InChI=1S/C21H26N2O5S/c1-4-27-17-10-12-18(13-11-17)28-21(2,3)20(24)22-16-6-5-7-19(14-16)29(25,26)23-15-8-9-15/h5-7,10-15,23H,4,8-9H2,1-3H3,(H,22,24). The van der Waals surface area contributed by atoms with Crippen LogP contribution in [-0.2, 0) is 14.8 Å². The van der Waals surface area contributed by atoms with E-state index in [1.165, 1.54) is 12.1 Å². The molecule has 2 N–H and O–H groups in total. The normalized spacial score (nSPS) is 14.3. The highest BCUT2D eigenvalue weighted by molar-refractivity contribution is 7.89. The van der Waals surface area contributed by atoms with Crippen LogP contribution in [0.2, 0.25) is 0 Å². The number of anilines is 1. The number of hydrogen-bond acceptors (Lipinski definition) is 5. The average Bonchev–Trinajstić information content (AvgIpc) is 3.47. The first-order valence-electron chi connectivity index (χ1n) is 9.55. The van der Waals surface area contributed by atoms with Crippen molar-refractivity contribution in [1.29, 1.82) is 0 Å². The predicted molar refractivity (Wildman–Crippen MR) is 111 cm³/mol. The van der Waals surface area contributed by atoms with Gasteiger partial charge in [0.05, 0.1) is 11.5 Å². The van der Waals surface area contributed by atoms with Gasteiger partial charge in [-0.25, -0.2) is 13.1 Å². The van der Waals surface area contributed by atoms with Crippen molar-refractivity contribution in [2.45, 2.75) is 50.2 Å². The molecule has 1 saturated carbocycles. The van der Waals surface area contributed by atoms with Crippen molar-refractivity contribution in [1.82, 2.24) is 4.72 Å². The molecule has 0 bridgehead atoms. The maximum atomic E-state index is 12.7. The van der Waals surface area contributed by atoms with Gasteiger partial charge in [0.2, 0.25) is 10.0 Å². The fourth-order valence-corrected chi connectivity index (χ4v) is 3.97. The Kier molecular flexibility index (Phi) is 6.14. The first kappa shape index (κ1) is 21.1. The van der Waals surface area contributed by atoms with Gasteiger partial charge in [-0.05, 0) is 76.1 Å². The second-order valence-electron chi connectivity index (χ2n) is 7.39. The van der Waals surface area contributed by atoms with Gasteiger partial charge in [-0.3, -0.25) is 4.79 Å². The molecule has 1 amide bonds. The Bertz CT molecular complexity index is 967. The molecule has 0 aliphatic heterocycles. The highest BCUT2D eigenvalue weighted by atomic mass is 32.2. The molecule has 0 aromatic heterocycles. The fourth-order valence-electron chi connectivity index (χ4n) is 2.62. The Labute approximate surface area is 171 Å². The van der Waals surface area contributed by atoms with E-state index in [1.807, 2.05) is 6.92 Å². The van der Waals surface area contributed by atoms with Crippen molar-refractivity contribution in [2.24, 2.45) is 0 Å². The molecule has 29 heavy (non-hydrogen) atoms. The number of rotatable bonds is 9. The number of nitrogens with one attached hydrogen (secondary N) is 2. The van der Waals surface area contributed by atoms with Crippen LogP contribution >= 0.6 is 0 Å². The van der Waals surface area contributed by atoms with Crippen molar-refractivity contribution < 1.29 is 22.7 Å². The molecule has 0 saturated heterocycles. The molecule has 7 nitrogen and oxygen atoms in total. The van der Waals surface area contributed by atoms with Crippen LogP contribution in [0.4, 0.5) is 5.69 Å². The van der Waals surface area contributed by atoms with E-state index in [-0.39, 0.29) is 10.9 Å². The average molecular weight is 419 g/mol. The quantitative estimate of drug-likeness (QED) is 0.652. The summed E-state index contributed by atoms with van der Waals surface area (Å²) in [7, 11) is -3.59. The number of sulfonamides is 1. The van der Waals surface area contributed by atoms with Crippen LogP contribution in [0.1, 0.15) is 33.6 Å². The second kappa shape index (κ2) is 8.42. The monoisotopic (exact) mass is 418 g/mol. The summed E-state index contributed by atoms with van der Waals surface area (Å²) in [5, 5.41) is 2.73. The Hall–Kier alpha value is -2.58. The maximum absolute atomic E-state index is 12.7. The van der Waals surface area contributed by atoms with Crippen molar-refractivity contribution in [3.63, 3.8) is 0 Å². The minimum atomic E-state index is -3.59. The third-order valence-electron chi connectivity index (χ3n) is 4.36. The Morgan fingerprint density at radius 3 is 2.38 bits per heavy atom. The van der Waals surface area contributed by atoms with E-state index >= 15 is 0 Å². The van der Waals surface area contributed by atoms with E-state index < -0.39 is 21.5 Å². The third-order valence-corrected chi connectivity index (χ3v) is 5.87. The first-order chi connectivity index (χ1) is 13.7. The van der Waals surface area contributed by atoms with E-state index in [0.29, 0.717) is 18.0 Å². The molecule has 1 fully saturated rings. The van der Waals surface area contributed by atoms with Gasteiger partial charge >= 0.3 is 0 Å². The lowest BCUT2D eigenvalue weighted by Crippen LogP contribution is -2.42. The van der Waals surface area contributed by atoms with E-state index in [0.717, 1.165) is 18.6 Å². The summed E-state index contributed by atoms with van der Waals surface area (Å²) < 4.78 is 38.6. The summed E-state index contributed by atoms with van der Waals surface area (Å²) in [4.78, 5) is 12.8. The van der Waals surface area contributed by atoms with Crippen LogP contribution in [0.5, 0.6) is 11.5 Å². The number of hydrogen-bond donors (Lipinski definition) is 2. The topological polar surface area (TPSA) is 93.7 Å². The second-order valence-corrected chi connectivity index (χ2v) is 9.11. The largest absolute Gasteiger partial charge is 0.494 e. The zero-order valence-electron chi connectivity index (χ0n) is 16.8. The summed E-state index contributed by atoms with van der Waals surface area (Å²) >= 11 is 0. The van der Waals surface area contributed by atoms with Gasteiger partial charge in [0.15, 0.2) is 5.60 Å². The zero-order valence-corrected chi connectivity index (χ0v) is 17.6. The number of amides is 1. The van der Waals surface area contributed by atoms with E-state index in [9.17, 15) is 13.2 Å². The Balaban J connectivity index is 1.67. The lowest BCUT2D eigenvalue weighted by atomic mass is 10.1. The SMILES string of the molecule is CCOc1ccc(OC(C)(C)C(=O)Nc2cccc(S(=O)(=O)NC3CC3)c2)cc1. The van der Waals surface area contributed by atoms with Gasteiger partial charge in [-0.15, -0.1) is 0 Å². The molecule has 0 atom stereocenters. The highest BCUT2D eigenvalue weighted by Gasteiger charge is 2.31. The Morgan fingerprint density at radius 2 is 1.76 bits per heavy atom. The van der Waals surface area contributed by atoms with Gasteiger partial charge in [-0.1, -0.05) is 6.07 Å². The Morgan fingerprint density at radius 1 is 1.10 bits per heavy atom. The molecular formula is C21H26N2O5S. The van der Waals surface area contributed by atoms with Crippen LogP contribution in [0.3, 0.4) is 0 Å². The minimum Gasteiger partial charge on any atom is -0.494 e. The van der Waals surface area contributed by atoms with Crippen LogP contribution < -0.4 is 19.5 Å². The fraction of sp³-hybridized carbons (Fsp3) is 0.381. The molecular weight excluding hydrogens is 392 g/mol. The minimum absolute atomic E-state index is 0.0136. The number of benzene rings is 2. The number of carbonyl (C=O) groups excluding carboxylic acids is 1. The van der Waals surface area contributed by atoms with Crippen molar-refractivity contribution >= 4 is 21.6 Å². The molecule has 1 aliphatic rings. The van der Waals surface area contributed by atoms with Gasteiger partial charge in [0, 0.05) is 11.7 Å². The van der Waals surface area contributed by atoms with Crippen molar-refractivity contribution in [3.05, 3.63) is 48.5 Å². The van der Waals surface area contributed by atoms with Crippen LogP contribution in [0, 0.1) is 0 Å². The molecule has 0 heterocycles. The lowest BCUT2D eigenvalue weighted by molar-refractivity contribution is -0.128. The maximum Gasteiger partial charge on any atom is 0.267 e. The van der Waals surface area contributed by atoms with Crippen molar-refractivity contribution in [3.8, 4) is 11.5 Å². The van der Waals surface area contributed by atoms with Crippen LogP contribution in [0.25, 0.3) is 0 Å². The van der Waals surface area contributed by atoms with E-state index in [4.69, 9.17) is 9.47 Å². The molecule has 2 aromatic carbocycles. The van der Waals surface area contributed by atoms with Crippen molar-refractivity contribution in [2.75, 3.05) is 11.9 Å². The summed E-state index contributed by atoms with van der Waals surface area (Å²) in [5.74, 6) is 0.856. The highest BCUT2D eigenvalue weighted by Crippen LogP contribution is 2.25. The van der Waals surface area contributed by atoms with E-state index in [2.05, 4.69) is 10.0 Å². The summed E-state index contributed by atoms with van der Waals surface area (Å²) in [6.45, 7) is 5.77. The molecule has 1 aliphatic carbocycles. The summed E-state index contributed by atoms with van der Waals surface area (Å²) in [6.07, 6.45) is 1.71. The van der Waals surface area contributed by atoms with Crippen LogP contribution in [0.15, 0.2) is 53.4 Å². The van der Waals surface area contributed by atoms with Gasteiger partial charge in [0.1, 0.15) is 11.5 Å². The van der Waals surface area contributed by atoms with E-state index in [1.54, 1.807) is 50.2 Å². The zero-order chi connectivity index (χ0) is 21.1. The third kappa shape index (κ3) is 5.71. The van der Waals surface area contributed by atoms with Crippen LogP contribution in [-0.4, -0.2) is 32.6 Å². The van der Waals surface area contributed by atoms with Gasteiger partial charge in [-0.2, -0.15) is 0 Å². The predicted octanol–water partition coefficient (Wildman–Crippen LogP) is 3.32. The smallest absolute Gasteiger partial charge is 0.267 e. The number of carbonyl (C=O) groups is 1. The summed E-state index contributed by atoms with van der Waals surface area (Å²) in [5.41, 5.74) is -0.786. The first-order valence-corrected chi connectivity index (χ1v) is 11.0. The summed E-state index contributed by atoms with van der Waals surface area (Å²) in [6, 6.07) is 13.2. The number of ether oxygens (including phenoxy) is 2. The van der Waals surface area contributed by atoms with Gasteiger partial charge in [0.25, 0.3) is 5.91 Å². The molecule has 3 rings (SSSR count). The molecule has 0 radical (unpaired) electrons. The van der Waals surface area contributed by atoms with Gasteiger partial charge < -0.3 is 14.8 Å². The molecule has 0 spiro atoms. The molecule has 0 unspecified atom stereocenters.